The van der Waals surface area contributed by atoms with Gasteiger partial charge in [-0.25, -0.2) is 14.7 Å². The van der Waals surface area contributed by atoms with Crippen molar-refractivity contribution in [2.75, 3.05) is 0 Å². The molecule has 7 heteroatoms. The van der Waals surface area contributed by atoms with Gasteiger partial charge >= 0.3 is 17.8 Å². The molecule has 16 heavy (non-hydrogen) atoms. The third-order valence-electron chi connectivity index (χ3n) is 2.24. The summed E-state index contributed by atoms with van der Waals surface area (Å²) in [5.41, 5.74) is 0. The highest BCUT2D eigenvalue weighted by Gasteiger charge is 2.41. The van der Waals surface area contributed by atoms with Gasteiger partial charge < -0.3 is 4.42 Å². The normalized spacial score (nSPS) is 17.9. The number of hydrogen-bond donors (Lipinski definition) is 1. The molecule has 1 unspecified atom stereocenters. The average molecular weight is 223 g/mol. The minimum absolute atomic E-state index is 0.218. The average Bonchev–Trinajstić information content (AvgIpc) is 2.73. The predicted octanol–water partition coefficient (Wildman–Crippen LogP) is 0.122. The summed E-state index contributed by atoms with van der Waals surface area (Å²) in [6.45, 7) is 3.25. The molecule has 1 N–H and O–H groups in total. The van der Waals surface area contributed by atoms with Gasteiger partial charge in [-0.2, -0.15) is 0 Å². The van der Waals surface area contributed by atoms with Gasteiger partial charge in [-0.05, 0) is 13.8 Å². The van der Waals surface area contributed by atoms with Crippen molar-refractivity contribution in [3.8, 4) is 0 Å². The van der Waals surface area contributed by atoms with Gasteiger partial charge in [0.2, 0.25) is 5.89 Å². The highest BCUT2D eigenvalue weighted by atomic mass is 16.4. The molecule has 4 amide bonds. The van der Waals surface area contributed by atoms with Crippen molar-refractivity contribution >= 4 is 17.8 Å². The van der Waals surface area contributed by atoms with Crippen LogP contribution in [-0.2, 0) is 9.59 Å². The Hall–Kier alpha value is -2.18. The summed E-state index contributed by atoms with van der Waals surface area (Å²) in [5.74, 6) is -1.04. The molecule has 0 aliphatic carbocycles. The lowest BCUT2D eigenvalue weighted by Crippen LogP contribution is -2.33. The highest BCUT2D eigenvalue weighted by molar-refractivity contribution is 6.44. The molecule has 0 spiro atoms. The molecule has 0 aromatic carbocycles. The van der Waals surface area contributed by atoms with Crippen LogP contribution in [0.15, 0.2) is 10.6 Å². The lowest BCUT2D eigenvalue weighted by molar-refractivity contribution is -0.141. The Balaban J connectivity index is 2.28. The Labute approximate surface area is 90.4 Å². The van der Waals surface area contributed by atoms with Crippen molar-refractivity contribution < 1.29 is 18.8 Å². The first-order valence-electron chi connectivity index (χ1n) is 4.61. The number of nitrogens with one attached hydrogen (secondary N) is 1. The van der Waals surface area contributed by atoms with E-state index in [0.29, 0.717) is 5.76 Å². The second-order valence-electron chi connectivity index (χ2n) is 3.42. The van der Waals surface area contributed by atoms with Gasteiger partial charge in [0.25, 0.3) is 0 Å². The van der Waals surface area contributed by atoms with Crippen LogP contribution in [0, 0.1) is 6.92 Å². The zero-order valence-corrected chi connectivity index (χ0v) is 8.68. The molecular weight excluding hydrogens is 214 g/mol. The van der Waals surface area contributed by atoms with Crippen LogP contribution in [0.5, 0.6) is 0 Å². The van der Waals surface area contributed by atoms with Crippen LogP contribution in [0.1, 0.15) is 24.6 Å². The maximum atomic E-state index is 11.4. The summed E-state index contributed by atoms with van der Waals surface area (Å²) in [4.78, 5) is 38.3. The van der Waals surface area contributed by atoms with Crippen LogP contribution in [0.25, 0.3) is 0 Å². The first-order chi connectivity index (χ1) is 7.50. The summed E-state index contributed by atoms with van der Waals surface area (Å²) in [6.07, 6.45) is 1.48. The fourth-order valence-electron chi connectivity index (χ4n) is 1.44. The van der Waals surface area contributed by atoms with Gasteiger partial charge in [-0.3, -0.25) is 14.9 Å². The second kappa shape index (κ2) is 3.44. The third kappa shape index (κ3) is 1.46. The molecule has 1 fully saturated rings. The van der Waals surface area contributed by atoms with E-state index in [2.05, 4.69) is 4.98 Å². The molecule has 1 atom stereocenters. The molecule has 1 aromatic rings. The SMILES string of the molecule is Cc1cnc(C(C)N2C(=O)NC(=O)C2=O)o1. The van der Waals surface area contributed by atoms with E-state index in [1.54, 1.807) is 13.8 Å². The van der Waals surface area contributed by atoms with E-state index >= 15 is 0 Å². The van der Waals surface area contributed by atoms with Crippen LogP contribution in [0.4, 0.5) is 4.79 Å². The van der Waals surface area contributed by atoms with Crippen molar-refractivity contribution in [3.63, 3.8) is 0 Å². The number of amides is 4. The Morgan fingerprint density at radius 3 is 2.56 bits per heavy atom. The van der Waals surface area contributed by atoms with E-state index in [-0.39, 0.29) is 5.89 Å². The molecule has 1 aliphatic rings. The molecule has 2 heterocycles. The second-order valence-corrected chi connectivity index (χ2v) is 3.42. The van der Waals surface area contributed by atoms with Crippen molar-refractivity contribution in [2.45, 2.75) is 19.9 Å². The summed E-state index contributed by atoms with van der Waals surface area (Å²) in [6, 6.07) is -1.45. The number of aromatic nitrogens is 1. The number of carbonyl (C=O) groups is 3. The molecule has 1 saturated heterocycles. The summed E-state index contributed by atoms with van der Waals surface area (Å²) >= 11 is 0. The third-order valence-corrected chi connectivity index (χ3v) is 2.24. The molecule has 84 valence electrons. The Morgan fingerprint density at radius 1 is 1.44 bits per heavy atom. The number of hydrogen-bond acceptors (Lipinski definition) is 5. The number of oxazole rings is 1. The quantitative estimate of drug-likeness (QED) is 0.568. The van der Waals surface area contributed by atoms with Gasteiger partial charge in [-0.15, -0.1) is 0 Å². The van der Waals surface area contributed by atoms with Crippen LogP contribution in [0.3, 0.4) is 0 Å². The molecule has 1 aliphatic heterocycles. The maximum Gasteiger partial charge on any atom is 0.332 e. The van der Waals surface area contributed by atoms with E-state index < -0.39 is 23.9 Å². The number of aryl methyl sites for hydroxylation is 1. The molecule has 0 bridgehead atoms. The number of imide groups is 2. The Kier molecular flexibility index (Phi) is 2.22. The summed E-state index contributed by atoms with van der Waals surface area (Å²) in [5, 5.41) is 1.90. The zero-order chi connectivity index (χ0) is 11.9. The summed E-state index contributed by atoms with van der Waals surface area (Å²) < 4.78 is 5.19. The summed E-state index contributed by atoms with van der Waals surface area (Å²) in [7, 11) is 0. The van der Waals surface area contributed by atoms with Gasteiger partial charge in [0.05, 0.1) is 6.20 Å². The van der Waals surface area contributed by atoms with E-state index in [1.807, 2.05) is 5.32 Å². The van der Waals surface area contributed by atoms with Crippen LogP contribution >= 0.6 is 0 Å². The van der Waals surface area contributed by atoms with Gasteiger partial charge in [0.1, 0.15) is 11.8 Å². The largest absolute Gasteiger partial charge is 0.444 e. The lowest BCUT2D eigenvalue weighted by atomic mass is 10.3. The highest BCUT2D eigenvalue weighted by Crippen LogP contribution is 2.22. The topological polar surface area (TPSA) is 92.5 Å². The first-order valence-corrected chi connectivity index (χ1v) is 4.61. The molecule has 0 saturated carbocycles. The number of nitrogens with zero attached hydrogens (tertiary/aromatic N) is 2. The van der Waals surface area contributed by atoms with E-state index in [4.69, 9.17) is 4.42 Å². The monoisotopic (exact) mass is 223 g/mol. The van der Waals surface area contributed by atoms with Crippen LogP contribution in [-0.4, -0.2) is 27.7 Å². The standard InChI is InChI=1S/C9H9N3O4/c1-4-3-10-7(16-4)5(2)12-8(14)6(13)11-9(12)15/h3,5H,1-2H3,(H,11,13,15). The first kappa shape index (κ1) is 10.3. The van der Waals surface area contributed by atoms with Crippen LogP contribution < -0.4 is 5.32 Å². The van der Waals surface area contributed by atoms with E-state index in [0.717, 1.165) is 4.90 Å². The minimum Gasteiger partial charge on any atom is -0.444 e. The van der Waals surface area contributed by atoms with Crippen molar-refractivity contribution in [1.29, 1.82) is 0 Å². The van der Waals surface area contributed by atoms with E-state index in [1.165, 1.54) is 6.20 Å². The minimum atomic E-state index is -0.930. The van der Waals surface area contributed by atoms with Crippen LogP contribution in [0.2, 0.25) is 0 Å². The Morgan fingerprint density at radius 2 is 2.12 bits per heavy atom. The lowest BCUT2D eigenvalue weighted by Gasteiger charge is -2.16. The Bertz CT molecular complexity index is 479. The van der Waals surface area contributed by atoms with Crippen molar-refractivity contribution in [1.82, 2.24) is 15.2 Å². The van der Waals surface area contributed by atoms with Crippen molar-refractivity contribution in [2.24, 2.45) is 0 Å². The smallest absolute Gasteiger partial charge is 0.332 e. The van der Waals surface area contributed by atoms with Crippen molar-refractivity contribution in [3.05, 3.63) is 17.8 Å². The molecule has 0 radical (unpaired) electrons. The molecule has 1 aromatic heterocycles. The van der Waals surface area contributed by atoms with Gasteiger partial charge in [0.15, 0.2) is 0 Å². The number of carbonyl (C=O) groups excluding carboxylic acids is 3. The fourth-order valence-corrected chi connectivity index (χ4v) is 1.44. The number of rotatable bonds is 2. The predicted molar refractivity (Wildman–Crippen MR) is 50.0 cm³/mol. The number of urea groups is 1. The van der Waals surface area contributed by atoms with E-state index in [9.17, 15) is 14.4 Å². The van der Waals surface area contributed by atoms with Gasteiger partial charge in [0, 0.05) is 0 Å². The van der Waals surface area contributed by atoms with Gasteiger partial charge in [-0.1, -0.05) is 0 Å². The fraction of sp³-hybridized carbons (Fsp3) is 0.333. The zero-order valence-electron chi connectivity index (χ0n) is 8.68. The molecule has 7 nitrogen and oxygen atoms in total. The molecule has 2 rings (SSSR count). The molecular formula is C9H9N3O4. The maximum absolute atomic E-state index is 11.4.